The number of benzene rings is 1. The SMILES string of the molecule is CSCCC(N)C(=O)NC(Cc1c[nH]c2ccccc12)C(=O)NC(CS)C(=O)NC(CC(N)=O)C(=O)O. The molecule has 2 aromatic rings. The molecule has 0 spiro atoms. The number of rotatable bonds is 15. The van der Waals surface area contributed by atoms with Gasteiger partial charge in [-0.2, -0.15) is 24.4 Å². The van der Waals surface area contributed by atoms with E-state index in [2.05, 4.69) is 33.6 Å². The van der Waals surface area contributed by atoms with Gasteiger partial charge < -0.3 is 37.5 Å². The fraction of sp³-hybridized carbons (Fsp3) is 0.435. The van der Waals surface area contributed by atoms with Gasteiger partial charge in [-0.25, -0.2) is 4.79 Å². The molecule has 9 N–H and O–H groups in total. The molecule has 0 aliphatic carbocycles. The van der Waals surface area contributed by atoms with Gasteiger partial charge in [0.1, 0.15) is 18.1 Å². The molecule has 202 valence electrons. The van der Waals surface area contributed by atoms with E-state index in [0.29, 0.717) is 12.2 Å². The van der Waals surface area contributed by atoms with E-state index < -0.39 is 60.2 Å². The first-order chi connectivity index (χ1) is 17.6. The molecule has 0 saturated heterocycles. The number of carboxylic acid groups (broad SMARTS) is 1. The Morgan fingerprint density at radius 2 is 1.65 bits per heavy atom. The minimum Gasteiger partial charge on any atom is -0.480 e. The zero-order chi connectivity index (χ0) is 27.5. The molecule has 4 atom stereocenters. The van der Waals surface area contributed by atoms with E-state index in [-0.39, 0.29) is 12.2 Å². The first-order valence-electron chi connectivity index (χ1n) is 11.4. The maximum Gasteiger partial charge on any atom is 0.326 e. The van der Waals surface area contributed by atoms with Crippen molar-refractivity contribution in [1.29, 1.82) is 0 Å². The molecule has 1 aromatic heterocycles. The summed E-state index contributed by atoms with van der Waals surface area (Å²) in [6.07, 6.45) is 3.50. The van der Waals surface area contributed by atoms with Crippen LogP contribution in [0.1, 0.15) is 18.4 Å². The molecule has 2 rings (SSSR count). The maximum absolute atomic E-state index is 13.3. The number of hydrogen-bond acceptors (Lipinski definition) is 8. The largest absolute Gasteiger partial charge is 0.480 e. The molecule has 4 unspecified atom stereocenters. The summed E-state index contributed by atoms with van der Waals surface area (Å²) in [5.74, 6) is -3.97. The van der Waals surface area contributed by atoms with E-state index in [4.69, 9.17) is 11.5 Å². The Morgan fingerprint density at radius 1 is 1.03 bits per heavy atom. The molecule has 0 saturated carbocycles. The van der Waals surface area contributed by atoms with Crippen LogP contribution in [-0.2, 0) is 30.4 Å². The zero-order valence-corrected chi connectivity index (χ0v) is 21.9. The molecule has 4 amide bonds. The Hall–Kier alpha value is -3.23. The zero-order valence-electron chi connectivity index (χ0n) is 20.2. The van der Waals surface area contributed by atoms with Crippen LogP contribution in [0.4, 0.5) is 0 Å². The minimum absolute atomic E-state index is 0.0944. The number of primary amides is 1. The van der Waals surface area contributed by atoms with E-state index in [1.165, 1.54) is 11.8 Å². The number of aromatic nitrogens is 1. The number of nitrogens with two attached hydrogens (primary N) is 2. The van der Waals surface area contributed by atoms with Gasteiger partial charge >= 0.3 is 5.97 Å². The van der Waals surface area contributed by atoms with Crippen molar-refractivity contribution in [3.05, 3.63) is 36.0 Å². The van der Waals surface area contributed by atoms with Gasteiger partial charge in [0.25, 0.3) is 0 Å². The van der Waals surface area contributed by atoms with E-state index in [9.17, 15) is 29.1 Å². The standard InChI is InChI=1S/C23H32N6O6S2/c1-37-7-6-14(24)20(31)27-16(8-12-10-26-15-5-3-2-4-13(12)15)21(32)29-18(11-36)22(33)28-17(23(34)35)9-19(25)30/h2-5,10,14,16-18,26,36H,6-9,11,24H2,1H3,(H2,25,30)(H,27,31)(H,28,33)(H,29,32)(H,34,35). The monoisotopic (exact) mass is 552 g/mol. The molecule has 0 aliphatic rings. The fourth-order valence-corrected chi connectivity index (χ4v) is 4.27. The third kappa shape index (κ3) is 8.98. The second-order valence-corrected chi connectivity index (χ2v) is 9.68. The first-order valence-corrected chi connectivity index (χ1v) is 13.4. The summed E-state index contributed by atoms with van der Waals surface area (Å²) in [5.41, 5.74) is 12.6. The van der Waals surface area contributed by atoms with Gasteiger partial charge in [-0.05, 0) is 30.1 Å². The Balaban J connectivity index is 2.22. The number of carbonyl (C=O) groups is 5. The average molecular weight is 553 g/mol. The minimum atomic E-state index is -1.57. The van der Waals surface area contributed by atoms with Gasteiger partial charge in [0.05, 0.1) is 12.5 Å². The van der Waals surface area contributed by atoms with Crippen LogP contribution >= 0.6 is 24.4 Å². The molecule has 0 radical (unpaired) electrons. The smallest absolute Gasteiger partial charge is 0.326 e. The second-order valence-electron chi connectivity index (χ2n) is 8.33. The molecule has 37 heavy (non-hydrogen) atoms. The van der Waals surface area contributed by atoms with Crippen molar-refractivity contribution < 1.29 is 29.1 Å². The topological polar surface area (TPSA) is 209 Å². The van der Waals surface area contributed by atoms with Gasteiger partial charge in [-0.3, -0.25) is 19.2 Å². The highest BCUT2D eigenvalue weighted by atomic mass is 32.2. The highest BCUT2D eigenvalue weighted by Crippen LogP contribution is 2.19. The second kappa shape index (κ2) is 14.5. The van der Waals surface area contributed by atoms with E-state index in [1.54, 1.807) is 6.20 Å². The maximum atomic E-state index is 13.3. The molecule has 14 heteroatoms. The quantitative estimate of drug-likeness (QED) is 0.130. The predicted molar refractivity (Wildman–Crippen MR) is 144 cm³/mol. The van der Waals surface area contributed by atoms with Crippen molar-refractivity contribution >= 4 is 64.9 Å². The van der Waals surface area contributed by atoms with Crippen molar-refractivity contribution in [3.8, 4) is 0 Å². The number of aromatic amines is 1. The molecule has 0 aliphatic heterocycles. The summed E-state index contributed by atoms with van der Waals surface area (Å²) in [4.78, 5) is 64.3. The van der Waals surface area contributed by atoms with Crippen LogP contribution in [0.15, 0.2) is 30.5 Å². The van der Waals surface area contributed by atoms with E-state index in [1.807, 2.05) is 30.5 Å². The summed E-state index contributed by atoms with van der Waals surface area (Å²) in [5, 5.41) is 17.5. The van der Waals surface area contributed by atoms with Crippen molar-refractivity contribution in [2.75, 3.05) is 17.8 Å². The van der Waals surface area contributed by atoms with Crippen molar-refractivity contribution in [2.24, 2.45) is 11.5 Å². The van der Waals surface area contributed by atoms with Crippen LogP contribution in [0.2, 0.25) is 0 Å². The summed E-state index contributed by atoms with van der Waals surface area (Å²) in [7, 11) is 0. The summed E-state index contributed by atoms with van der Waals surface area (Å²) >= 11 is 5.63. The van der Waals surface area contributed by atoms with Crippen LogP contribution in [-0.4, -0.2) is 81.6 Å². The first kappa shape index (κ1) is 30.0. The van der Waals surface area contributed by atoms with Crippen LogP contribution in [0, 0.1) is 0 Å². The number of fused-ring (bicyclic) bond motifs is 1. The van der Waals surface area contributed by atoms with Gasteiger partial charge in [-0.15, -0.1) is 0 Å². The number of H-pyrrole nitrogens is 1. The number of amides is 4. The van der Waals surface area contributed by atoms with Crippen LogP contribution in [0.25, 0.3) is 10.9 Å². The van der Waals surface area contributed by atoms with Gasteiger partial charge in [0.2, 0.25) is 23.6 Å². The lowest BCUT2D eigenvalue weighted by molar-refractivity contribution is -0.143. The number of nitrogens with one attached hydrogen (secondary N) is 4. The Labute approximate surface area is 223 Å². The van der Waals surface area contributed by atoms with Crippen molar-refractivity contribution in [3.63, 3.8) is 0 Å². The van der Waals surface area contributed by atoms with Crippen LogP contribution in [0.5, 0.6) is 0 Å². The van der Waals surface area contributed by atoms with Crippen LogP contribution in [0.3, 0.4) is 0 Å². The molecular formula is C23H32N6O6S2. The highest BCUT2D eigenvalue weighted by molar-refractivity contribution is 7.98. The average Bonchev–Trinajstić information content (AvgIpc) is 3.27. The number of aliphatic carboxylic acids is 1. The summed E-state index contributed by atoms with van der Waals surface area (Å²) in [6, 6.07) is 2.70. The van der Waals surface area contributed by atoms with E-state index >= 15 is 0 Å². The lowest BCUT2D eigenvalue weighted by Gasteiger charge is -2.24. The molecular weight excluding hydrogens is 520 g/mol. The van der Waals surface area contributed by atoms with Gasteiger partial charge in [0.15, 0.2) is 0 Å². The van der Waals surface area contributed by atoms with Crippen molar-refractivity contribution in [2.45, 2.75) is 43.4 Å². The highest BCUT2D eigenvalue weighted by Gasteiger charge is 2.30. The molecule has 12 nitrogen and oxygen atoms in total. The summed E-state index contributed by atoms with van der Waals surface area (Å²) < 4.78 is 0. The molecule has 1 heterocycles. The van der Waals surface area contributed by atoms with E-state index in [0.717, 1.165) is 16.5 Å². The molecule has 0 bridgehead atoms. The number of para-hydroxylation sites is 1. The predicted octanol–water partition coefficient (Wildman–Crippen LogP) is -0.865. The van der Waals surface area contributed by atoms with Gasteiger partial charge in [-0.1, -0.05) is 18.2 Å². The molecule has 1 aromatic carbocycles. The summed E-state index contributed by atoms with van der Waals surface area (Å²) in [6.45, 7) is 0. The van der Waals surface area contributed by atoms with Crippen LogP contribution < -0.4 is 27.4 Å². The number of carbonyl (C=O) groups excluding carboxylic acids is 4. The Bertz CT molecular complexity index is 1130. The lowest BCUT2D eigenvalue weighted by Crippen LogP contribution is -2.58. The lowest BCUT2D eigenvalue weighted by atomic mass is 10.0. The fourth-order valence-electron chi connectivity index (χ4n) is 3.52. The third-order valence-electron chi connectivity index (χ3n) is 5.54. The number of carboxylic acids is 1. The third-order valence-corrected chi connectivity index (χ3v) is 6.55. The Morgan fingerprint density at radius 3 is 2.27 bits per heavy atom. The number of thioether (sulfide) groups is 1. The van der Waals surface area contributed by atoms with Crippen molar-refractivity contribution in [1.82, 2.24) is 20.9 Å². The number of hydrogen-bond donors (Lipinski definition) is 8. The van der Waals surface area contributed by atoms with Gasteiger partial charge in [0, 0.05) is 29.3 Å². The Kier molecular flexibility index (Phi) is 11.8. The normalized spacial score (nSPS) is 14.2. The number of thiol groups is 1. The molecule has 0 fully saturated rings.